The van der Waals surface area contributed by atoms with Gasteiger partial charge in [0.1, 0.15) is 11.7 Å². The predicted octanol–water partition coefficient (Wildman–Crippen LogP) is 1.45. The SMILES string of the molecule is C=C1OCCCC1C#N. The first-order chi connectivity index (χ1) is 4.34. The van der Waals surface area contributed by atoms with Gasteiger partial charge in [-0.2, -0.15) is 5.26 Å². The molecule has 1 atom stereocenters. The van der Waals surface area contributed by atoms with Crippen LogP contribution in [0, 0.1) is 17.2 Å². The van der Waals surface area contributed by atoms with Crippen molar-refractivity contribution in [2.75, 3.05) is 6.61 Å². The van der Waals surface area contributed by atoms with E-state index >= 15 is 0 Å². The molecule has 1 unspecified atom stereocenters. The Morgan fingerprint density at radius 1 is 1.78 bits per heavy atom. The Labute approximate surface area is 54.7 Å². The van der Waals surface area contributed by atoms with Crippen LogP contribution in [-0.2, 0) is 4.74 Å². The second kappa shape index (κ2) is 2.54. The van der Waals surface area contributed by atoms with Crippen LogP contribution in [0.3, 0.4) is 0 Å². The Morgan fingerprint density at radius 2 is 2.56 bits per heavy atom. The summed E-state index contributed by atoms with van der Waals surface area (Å²) in [5.74, 6) is 0.586. The third kappa shape index (κ3) is 1.23. The summed E-state index contributed by atoms with van der Waals surface area (Å²) in [6, 6.07) is 2.13. The fourth-order valence-electron chi connectivity index (χ4n) is 0.889. The second-order valence-electron chi connectivity index (χ2n) is 2.14. The van der Waals surface area contributed by atoms with Gasteiger partial charge in [-0.3, -0.25) is 0 Å². The lowest BCUT2D eigenvalue weighted by Crippen LogP contribution is -2.12. The molecule has 9 heavy (non-hydrogen) atoms. The molecule has 1 saturated heterocycles. The van der Waals surface area contributed by atoms with Gasteiger partial charge in [-0.15, -0.1) is 0 Å². The molecule has 1 aliphatic heterocycles. The van der Waals surface area contributed by atoms with Gasteiger partial charge in [0.05, 0.1) is 12.7 Å². The smallest absolute Gasteiger partial charge is 0.106 e. The second-order valence-corrected chi connectivity index (χ2v) is 2.14. The highest BCUT2D eigenvalue weighted by molar-refractivity contribution is 5.04. The summed E-state index contributed by atoms with van der Waals surface area (Å²) in [4.78, 5) is 0. The molecule has 0 radical (unpaired) electrons. The zero-order valence-electron chi connectivity index (χ0n) is 5.26. The molecule has 1 rings (SSSR count). The molecule has 1 heterocycles. The highest BCUT2D eigenvalue weighted by Crippen LogP contribution is 2.20. The van der Waals surface area contributed by atoms with E-state index in [-0.39, 0.29) is 5.92 Å². The fraction of sp³-hybridized carbons (Fsp3) is 0.571. The number of rotatable bonds is 0. The highest BCUT2D eigenvalue weighted by Gasteiger charge is 2.16. The topological polar surface area (TPSA) is 33.0 Å². The van der Waals surface area contributed by atoms with Gasteiger partial charge in [0.2, 0.25) is 0 Å². The molecule has 48 valence electrons. The first-order valence-electron chi connectivity index (χ1n) is 3.06. The molecule has 0 aromatic heterocycles. The van der Waals surface area contributed by atoms with E-state index in [2.05, 4.69) is 12.6 Å². The van der Waals surface area contributed by atoms with Crippen molar-refractivity contribution in [2.45, 2.75) is 12.8 Å². The summed E-state index contributed by atoms with van der Waals surface area (Å²) in [6.45, 7) is 4.35. The van der Waals surface area contributed by atoms with E-state index in [1.54, 1.807) is 0 Å². The zero-order valence-corrected chi connectivity index (χ0v) is 5.26. The minimum absolute atomic E-state index is 0.0567. The molecule has 2 nitrogen and oxygen atoms in total. The third-order valence-electron chi connectivity index (χ3n) is 1.47. The van der Waals surface area contributed by atoms with Crippen LogP contribution in [0.2, 0.25) is 0 Å². The highest BCUT2D eigenvalue weighted by atomic mass is 16.5. The van der Waals surface area contributed by atoms with Crippen molar-refractivity contribution in [2.24, 2.45) is 5.92 Å². The first kappa shape index (κ1) is 6.15. The zero-order chi connectivity index (χ0) is 6.69. The summed E-state index contributed by atoms with van der Waals surface area (Å²) >= 11 is 0. The van der Waals surface area contributed by atoms with Crippen LogP contribution in [0.1, 0.15) is 12.8 Å². The minimum atomic E-state index is -0.0567. The van der Waals surface area contributed by atoms with Crippen molar-refractivity contribution >= 4 is 0 Å². The van der Waals surface area contributed by atoms with Crippen LogP contribution in [-0.4, -0.2) is 6.61 Å². The Kier molecular flexibility index (Phi) is 1.74. The molecule has 0 aromatic rings. The number of nitrogens with zero attached hydrogens (tertiary/aromatic N) is 1. The first-order valence-corrected chi connectivity index (χ1v) is 3.06. The van der Waals surface area contributed by atoms with Crippen molar-refractivity contribution in [3.8, 4) is 6.07 Å². The van der Waals surface area contributed by atoms with E-state index in [4.69, 9.17) is 10.00 Å². The van der Waals surface area contributed by atoms with E-state index in [1.807, 2.05) is 0 Å². The van der Waals surface area contributed by atoms with Gasteiger partial charge in [0.25, 0.3) is 0 Å². The van der Waals surface area contributed by atoms with Gasteiger partial charge in [0, 0.05) is 0 Å². The van der Waals surface area contributed by atoms with Gasteiger partial charge >= 0.3 is 0 Å². The fourth-order valence-corrected chi connectivity index (χ4v) is 0.889. The van der Waals surface area contributed by atoms with E-state index in [1.165, 1.54) is 0 Å². The van der Waals surface area contributed by atoms with Gasteiger partial charge in [-0.25, -0.2) is 0 Å². The van der Waals surface area contributed by atoms with Gasteiger partial charge < -0.3 is 4.74 Å². The summed E-state index contributed by atoms with van der Waals surface area (Å²) in [5.41, 5.74) is 0. The number of ether oxygens (including phenoxy) is 1. The lowest BCUT2D eigenvalue weighted by molar-refractivity contribution is 0.147. The van der Waals surface area contributed by atoms with Crippen LogP contribution >= 0.6 is 0 Å². The average Bonchev–Trinajstić information content (AvgIpc) is 1.89. The van der Waals surface area contributed by atoms with Crippen LogP contribution in [0.15, 0.2) is 12.3 Å². The number of hydrogen-bond donors (Lipinski definition) is 0. The van der Waals surface area contributed by atoms with Gasteiger partial charge in [0.15, 0.2) is 0 Å². The number of hydrogen-bond acceptors (Lipinski definition) is 2. The quantitative estimate of drug-likeness (QED) is 0.488. The minimum Gasteiger partial charge on any atom is -0.497 e. The van der Waals surface area contributed by atoms with Crippen LogP contribution in [0.25, 0.3) is 0 Å². The molecule has 0 saturated carbocycles. The summed E-state index contributed by atoms with van der Waals surface area (Å²) in [7, 11) is 0. The summed E-state index contributed by atoms with van der Waals surface area (Å²) < 4.78 is 5.06. The monoisotopic (exact) mass is 123 g/mol. The predicted molar refractivity (Wildman–Crippen MR) is 33.4 cm³/mol. The molecule has 0 amide bonds. The molecule has 1 aliphatic rings. The standard InChI is InChI=1S/C7H9NO/c1-6-7(5-8)3-2-4-9-6/h7H,1-4H2. The summed E-state index contributed by atoms with van der Waals surface area (Å²) in [5, 5.41) is 8.47. The van der Waals surface area contributed by atoms with E-state index in [9.17, 15) is 0 Å². The Balaban J connectivity index is 2.51. The van der Waals surface area contributed by atoms with Crippen LogP contribution in [0.5, 0.6) is 0 Å². The molecule has 2 heteroatoms. The molecule has 0 bridgehead atoms. The molecule has 0 aromatic carbocycles. The van der Waals surface area contributed by atoms with Crippen LogP contribution < -0.4 is 0 Å². The van der Waals surface area contributed by atoms with Crippen molar-refractivity contribution in [1.29, 1.82) is 5.26 Å². The Hall–Kier alpha value is -0.970. The maximum absolute atomic E-state index is 8.47. The molecule has 0 spiro atoms. The van der Waals surface area contributed by atoms with Crippen molar-refractivity contribution < 1.29 is 4.74 Å². The third-order valence-corrected chi connectivity index (χ3v) is 1.47. The van der Waals surface area contributed by atoms with E-state index in [0.717, 1.165) is 19.4 Å². The maximum Gasteiger partial charge on any atom is 0.106 e. The lowest BCUT2D eigenvalue weighted by Gasteiger charge is -2.18. The maximum atomic E-state index is 8.47. The molecule has 0 aliphatic carbocycles. The number of allylic oxidation sites excluding steroid dienone is 1. The van der Waals surface area contributed by atoms with Crippen LogP contribution in [0.4, 0.5) is 0 Å². The molecule has 1 fully saturated rings. The Morgan fingerprint density at radius 3 is 3.00 bits per heavy atom. The van der Waals surface area contributed by atoms with Gasteiger partial charge in [-0.1, -0.05) is 6.58 Å². The largest absolute Gasteiger partial charge is 0.497 e. The Bertz CT molecular complexity index is 157. The normalized spacial score (nSPS) is 26.6. The van der Waals surface area contributed by atoms with Crippen molar-refractivity contribution in [1.82, 2.24) is 0 Å². The van der Waals surface area contributed by atoms with Gasteiger partial charge in [-0.05, 0) is 12.8 Å². The van der Waals surface area contributed by atoms with E-state index in [0.29, 0.717) is 5.76 Å². The molecule has 0 N–H and O–H groups in total. The van der Waals surface area contributed by atoms with Crippen molar-refractivity contribution in [3.63, 3.8) is 0 Å². The molecular weight excluding hydrogens is 114 g/mol. The average molecular weight is 123 g/mol. The summed E-state index contributed by atoms with van der Waals surface area (Å²) in [6.07, 6.45) is 1.90. The lowest BCUT2D eigenvalue weighted by atomic mass is 10.0. The van der Waals surface area contributed by atoms with Crippen molar-refractivity contribution in [3.05, 3.63) is 12.3 Å². The number of nitriles is 1. The van der Waals surface area contributed by atoms with E-state index < -0.39 is 0 Å². The molecular formula is C7H9NO.